The molecular formula is C21H17NO. The van der Waals surface area contributed by atoms with Gasteiger partial charge in [-0.2, -0.15) is 0 Å². The van der Waals surface area contributed by atoms with E-state index >= 15 is 0 Å². The van der Waals surface area contributed by atoms with Gasteiger partial charge in [0.25, 0.3) is 0 Å². The van der Waals surface area contributed by atoms with Gasteiger partial charge in [0.05, 0.1) is 5.71 Å². The van der Waals surface area contributed by atoms with E-state index in [1.807, 2.05) is 18.2 Å². The first-order valence-corrected chi connectivity index (χ1v) is 7.88. The topological polar surface area (TPSA) is 21.6 Å². The van der Waals surface area contributed by atoms with Gasteiger partial charge in [-0.05, 0) is 22.4 Å². The third-order valence-corrected chi connectivity index (χ3v) is 4.11. The van der Waals surface area contributed by atoms with E-state index in [9.17, 15) is 0 Å². The van der Waals surface area contributed by atoms with Crippen molar-refractivity contribution in [1.29, 1.82) is 0 Å². The number of nitrogens with zero attached hydrogens (tertiary/aromatic N) is 1. The molecule has 0 N–H and O–H groups in total. The van der Waals surface area contributed by atoms with Crippen molar-refractivity contribution in [3.63, 3.8) is 0 Å². The predicted octanol–water partition coefficient (Wildman–Crippen LogP) is 5.40. The molecule has 0 amide bonds. The van der Waals surface area contributed by atoms with Gasteiger partial charge in [0, 0.05) is 18.4 Å². The Labute approximate surface area is 135 Å². The maximum Gasteiger partial charge on any atom is 0.136 e. The molecule has 0 radical (unpaired) electrons. The Bertz CT molecular complexity index is 889. The lowest BCUT2D eigenvalue weighted by Gasteiger charge is -2.16. The van der Waals surface area contributed by atoms with Crippen molar-refractivity contribution >= 4 is 22.6 Å². The number of hydrogen-bond acceptors (Lipinski definition) is 2. The Morgan fingerprint density at radius 3 is 2.39 bits per heavy atom. The minimum atomic E-state index is 0.872. The molecule has 0 bridgehead atoms. The minimum absolute atomic E-state index is 0.872. The first kappa shape index (κ1) is 13.8. The summed E-state index contributed by atoms with van der Waals surface area (Å²) in [6, 6.07) is 24.9. The van der Waals surface area contributed by atoms with E-state index in [0.717, 1.165) is 29.9 Å². The van der Waals surface area contributed by atoms with Crippen molar-refractivity contribution in [2.75, 3.05) is 0 Å². The third-order valence-electron chi connectivity index (χ3n) is 4.11. The molecule has 3 aromatic carbocycles. The second-order valence-corrected chi connectivity index (χ2v) is 5.68. The van der Waals surface area contributed by atoms with Gasteiger partial charge in [-0.3, -0.25) is 0 Å². The molecule has 23 heavy (non-hydrogen) atoms. The first-order chi connectivity index (χ1) is 11.4. The Morgan fingerprint density at radius 2 is 1.57 bits per heavy atom. The van der Waals surface area contributed by atoms with E-state index in [-0.39, 0.29) is 0 Å². The van der Waals surface area contributed by atoms with Gasteiger partial charge < -0.3 is 4.84 Å². The molecule has 0 fully saturated rings. The van der Waals surface area contributed by atoms with Crippen LogP contribution in [0.25, 0.3) is 16.8 Å². The molecule has 0 aromatic heterocycles. The molecule has 0 saturated heterocycles. The Balaban J connectivity index is 1.64. The smallest absolute Gasteiger partial charge is 0.136 e. The van der Waals surface area contributed by atoms with Gasteiger partial charge in [-0.25, -0.2) is 0 Å². The molecule has 0 saturated carbocycles. The van der Waals surface area contributed by atoms with Crippen molar-refractivity contribution in [3.05, 3.63) is 89.7 Å². The van der Waals surface area contributed by atoms with Crippen LogP contribution >= 0.6 is 0 Å². The zero-order chi connectivity index (χ0) is 15.5. The molecule has 1 heterocycles. The summed E-state index contributed by atoms with van der Waals surface area (Å²) in [5, 5.41) is 6.84. The van der Waals surface area contributed by atoms with Crippen LogP contribution < -0.4 is 0 Å². The quantitative estimate of drug-likeness (QED) is 0.621. The highest BCUT2D eigenvalue weighted by atomic mass is 16.6. The largest absolute Gasteiger partial charge is 0.361 e. The van der Waals surface area contributed by atoms with Crippen LogP contribution in [0.15, 0.2) is 83.7 Å². The number of oxime groups is 1. The van der Waals surface area contributed by atoms with Gasteiger partial charge in [-0.1, -0.05) is 78.0 Å². The molecular weight excluding hydrogens is 282 g/mol. The lowest BCUT2D eigenvalue weighted by molar-refractivity contribution is 0.210. The molecule has 2 nitrogen and oxygen atoms in total. The molecule has 112 valence electrons. The van der Waals surface area contributed by atoms with E-state index < -0.39 is 0 Å². The summed E-state index contributed by atoms with van der Waals surface area (Å²) >= 11 is 0. The molecule has 0 aliphatic carbocycles. The highest BCUT2D eigenvalue weighted by Gasteiger charge is 2.15. The van der Waals surface area contributed by atoms with Crippen LogP contribution in [0.3, 0.4) is 0 Å². The van der Waals surface area contributed by atoms with Crippen LogP contribution in [-0.2, 0) is 4.84 Å². The van der Waals surface area contributed by atoms with Crippen molar-refractivity contribution in [3.8, 4) is 0 Å². The zero-order valence-corrected chi connectivity index (χ0v) is 12.8. The molecule has 0 unspecified atom stereocenters. The summed E-state index contributed by atoms with van der Waals surface area (Å²) in [6.45, 7) is 0. The second kappa shape index (κ2) is 6.09. The molecule has 1 aliphatic heterocycles. The third kappa shape index (κ3) is 2.88. The molecule has 1 aliphatic rings. The van der Waals surface area contributed by atoms with E-state index in [1.165, 1.54) is 16.3 Å². The van der Waals surface area contributed by atoms with Crippen LogP contribution in [0.4, 0.5) is 0 Å². The highest BCUT2D eigenvalue weighted by Crippen LogP contribution is 2.25. The van der Waals surface area contributed by atoms with Gasteiger partial charge in [0.15, 0.2) is 0 Å². The summed E-state index contributed by atoms with van der Waals surface area (Å²) < 4.78 is 0. The highest BCUT2D eigenvalue weighted by molar-refractivity contribution is 6.10. The van der Waals surface area contributed by atoms with Gasteiger partial charge in [0.2, 0.25) is 0 Å². The summed E-state index contributed by atoms with van der Waals surface area (Å²) in [7, 11) is 0. The standard InChI is InChI=1S/C21H17NO/c1-2-7-16(8-3-1)15-18-13-14-21(22-23-18)20-12-6-10-17-9-4-5-11-19(17)20/h1-12,15H,13-14H2/b18-15+. The summed E-state index contributed by atoms with van der Waals surface area (Å²) in [6.07, 6.45) is 3.83. The lowest BCUT2D eigenvalue weighted by Crippen LogP contribution is -2.09. The van der Waals surface area contributed by atoms with Crippen molar-refractivity contribution < 1.29 is 4.84 Å². The second-order valence-electron chi connectivity index (χ2n) is 5.68. The van der Waals surface area contributed by atoms with Crippen LogP contribution in [0.1, 0.15) is 24.0 Å². The number of rotatable bonds is 2. The van der Waals surface area contributed by atoms with E-state index in [4.69, 9.17) is 4.84 Å². The fourth-order valence-corrected chi connectivity index (χ4v) is 2.94. The number of hydrogen-bond donors (Lipinski definition) is 0. The molecule has 0 atom stereocenters. The fourth-order valence-electron chi connectivity index (χ4n) is 2.94. The number of benzene rings is 3. The predicted molar refractivity (Wildman–Crippen MR) is 95.2 cm³/mol. The zero-order valence-electron chi connectivity index (χ0n) is 12.8. The van der Waals surface area contributed by atoms with Crippen LogP contribution in [0.2, 0.25) is 0 Å². The SMILES string of the molecule is C(=C1/CCC(c2cccc3ccccc23)=NO1)/c1ccccc1. The van der Waals surface area contributed by atoms with Crippen LogP contribution in [-0.4, -0.2) is 5.71 Å². The van der Waals surface area contributed by atoms with E-state index in [1.54, 1.807) is 0 Å². The average molecular weight is 299 g/mol. The molecule has 0 spiro atoms. The maximum atomic E-state index is 5.65. The van der Waals surface area contributed by atoms with E-state index in [2.05, 4.69) is 65.8 Å². The van der Waals surface area contributed by atoms with Crippen molar-refractivity contribution in [2.24, 2.45) is 5.16 Å². The van der Waals surface area contributed by atoms with Crippen molar-refractivity contribution in [2.45, 2.75) is 12.8 Å². The molecule has 4 rings (SSSR count). The van der Waals surface area contributed by atoms with Gasteiger partial charge in [-0.15, -0.1) is 0 Å². The Hall–Kier alpha value is -2.87. The maximum absolute atomic E-state index is 5.65. The summed E-state index contributed by atoms with van der Waals surface area (Å²) in [4.78, 5) is 5.65. The van der Waals surface area contributed by atoms with Gasteiger partial charge >= 0.3 is 0 Å². The van der Waals surface area contributed by atoms with Crippen molar-refractivity contribution in [1.82, 2.24) is 0 Å². The fraction of sp³-hybridized carbons (Fsp3) is 0.0952. The lowest BCUT2D eigenvalue weighted by atomic mass is 9.97. The summed E-state index contributed by atoms with van der Waals surface area (Å²) in [5.41, 5.74) is 3.33. The summed E-state index contributed by atoms with van der Waals surface area (Å²) in [5.74, 6) is 0.917. The van der Waals surface area contributed by atoms with Crippen LogP contribution in [0.5, 0.6) is 0 Å². The molecule has 2 heteroatoms. The molecule has 3 aromatic rings. The first-order valence-electron chi connectivity index (χ1n) is 7.88. The van der Waals surface area contributed by atoms with E-state index in [0.29, 0.717) is 0 Å². The monoisotopic (exact) mass is 299 g/mol. The average Bonchev–Trinajstić information content (AvgIpc) is 2.63. The number of fused-ring (bicyclic) bond motifs is 1. The minimum Gasteiger partial charge on any atom is -0.361 e. The van der Waals surface area contributed by atoms with Gasteiger partial charge in [0.1, 0.15) is 5.76 Å². The normalized spacial score (nSPS) is 16.2. The number of allylic oxidation sites excluding steroid dienone is 1. The Morgan fingerprint density at radius 1 is 0.783 bits per heavy atom. The Kier molecular flexibility index (Phi) is 3.65. The van der Waals surface area contributed by atoms with Crippen LogP contribution in [0, 0.1) is 0 Å².